The summed E-state index contributed by atoms with van der Waals surface area (Å²) >= 11 is 0. The van der Waals surface area contributed by atoms with E-state index in [1.807, 2.05) is 24.7 Å². The predicted octanol–water partition coefficient (Wildman–Crippen LogP) is 9.87. The number of rotatable bonds is 8. The lowest BCUT2D eigenvalue weighted by Crippen LogP contribution is -2.33. The van der Waals surface area contributed by atoms with Crippen LogP contribution in [0.3, 0.4) is 0 Å². The van der Waals surface area contributed by atoms with E-state index in [1.54, 1.807) is 0 Å². The molecule has 2 aliphatic rings. The van der Waals surface area contributed by atoms with E-state index in [4.69, 9.17) is 0 Å². The maximum Gasteiger partial charge on any atom is 0.0721 e. The van der Waals surface area contributed by atoms with Crippen molar-refractivity contribution < 1.29 is 0 Å². The number of aliphatic imine (C=N–C) groups is 1. The molecule has 7 rings (SSSR count). The Morgan fingerprint density at radius 3 is 1.81 bits per heavy atom. The van der Waals surface area contributed by atoms with Crippen molar-refractivity contribution in [3.63, 3.8) is 0 Å². The van der Waals surface area contributed by atoms with Gasteiger partial charge < -0.3 is 14.8 Å². The summed E-state index contributed by atoms with van der Waals surface area (Å²) in [5.41, 5.74) is 10.6. The van der Waals surface area contributed by atoms with Crippen LogP contribution in [0, 0.1) is 0 Å². The largest absolute Gasteiger partial charge is 0.366 e. The van der Waals surface area contributed by atoms with E-state index < -0.39 is 0 Å². The predicted molar refractivity (Wildman–Crippen MR) is 182 cm³/mol. The molecule has 0 bridgehead atoms. The standard InChI is InChI=1S/C39H34N4/c1-3-8-34(9-4-1)42(38-12-7-26-40-28-38)36-21-17-32(18-22-36)30-13-15-31(16-14-30)33-19-23-37(24-20-33)43(39-25-27-41-29-39)35-10-5-2-6-11-35/h1,3-5,7-27,29,38,41H,2,6,28H2. The fraction of sp³-hybridized carbons (Fsp3) is 0.103. The second kappa shape index (κ2) is 12.3. The third-order valence-electron chi connectivity index (χ3n) is 8.08. The highest BCUT2D eigenvalue weighted by Crippen LogP contribution is 2.35. The number of para-hydroxylation sites is 1. The van der Waals surface area contributed by atoms with Gasteiger partial charge in [-0.2, -0.15) is 0 Å². The van der Waals surface area contributed by atoms with Gasteiger partial charge in [0.25, 0.3) is 0 Å². The molecule has 1 aliphatic heterocycles. The van der Waals surface area contributed by atoms with Crippen molar-refractivity contribution in [2.24, 2.45) is 4.99 Å². The number of hydrogen-bond donors (Lipinski definition) is 1. The van der Waals surface area contributed by atoms with Crippen LogP contribution in [0.25, 0.3) is 22.3 Å². The van der Waals surface area contributed by atoms with Gasteiger partial charge in [-0.3, -0.25) is 4.99 Å². The number of dihydropyridines is 1. The van der Waals surface area contributed by atoms with Gasteiger partial charge in [-0.1, -0.05) is 85.0 Å². The average Bonchev–Trinajstić information content (AvgIpc) is 3.62. The summed E-state index contributed by atoms with van der Waals surface area (Å²) in [5.74, 6) is 0. The minimum atomic E-state index is 0.190. The highest BCUT2D eigenvalue weighted by molar-refractivity contribution is 5.77. The van der Waals surface area contributed by atoms with Gasteiger partial charge in [0.05, 0.1) is 18.3 Å². The number of allylic oxidation sites excluding steroid dienone is 4. The van der Waals surface area contributed by atoms with E-state index in [0.717, 1.165) is 36.4 Å². The summed E-state index contributed by atoms with van der Waals surface area (Å²) in [7, 11) is 0. The molecule has 1 unspecified atom stereocenters. The van der Waals surface area contributed by atoms with Crippen LogP contribution in [0.4, 0.5) is 22.7 Å². The summed E-state index contributed by atoms with van der Waals surface area (Å²) < 4.78 is 0. The van der Waals surface area contributed by atoms with Crippen molar-refractivity contribution in [3.8, 4) is 22.3 Å². The fourth-order valence-electron chi connectivity index (χ4n) is 5.90. The Morgan fingerprint density at radius 2 is 1.26 bits per heavy atom. The molecular formula is C39H34N4. The second-order valence-corrected chi connectivity index (χ2v) is 10.9. The number of anilines is 4. The van der Waals surface area contributed by atoms with Gasteiger partial charge in [0.15, 0.2) is 0 Å². The summed E-state index contributed by atoms with van der Waals surface area (Å²) in [4.78, 5) is 12.4. The molecule has 4 aromatic carbocycles. The van der Waals surface area contributed by atoms with Crippen LogP contribution in [-0.4, -0.2) is 23.8 Å². The Kier molecular flexibility index (Phi) is 7.56. The van der Waals surface area contributed by atoms with Crippen LogP contribution >= 0.6 is 0 Å². The first-order valence-corrected chi connectivity index (χ1v) is 14.9. The quantitative estimate of drug-likeness (QED) is 0.206. The van der Waals surface area contributed by atoms with Crippen LogP contribution in [0.1, 0.15) is 12.8 Å². The Balaban J connectivity index is 1.10. The first kappa shape index (κ1) is 26.5. The van der Waals surface area contributed by atoms with Crippen LogP contribution in [0.15, 0.2) is 163 Å². The van der Waals surface area contributed by atoms with E-state index in [9.17, 15) is 0 Å². The molecular weight excluding hydrogens is 524 g/mol. The van der Waals surface area contributed by atoms with Gasteiger partial charge in [-0.05, 0) is 89.7 Å². The molecule has 5 aromatic rings. The van der Waals surface area contributed by atoms with E-state index in [0.29, 0.717) is 0 Å². The van der Waals surface area contributed by atoms with E-state index in [2.05, 4.69) is 153 Å². The lowest BCUT2D eigenvalue weighted by molar-refractivity contribution is 0.783. The van der Waals surface area contributed by atoms with Gasteiger partial charge in [0.1, 0.15) is 0 Å². The molecule has 1 N–H and O–H groups in total. The molecule has 1 aliphatic carbocycles. The summed E-state index contributed by atoms with van der Waals surface area (Å²) in [6.45, 7) is 0.745. The Hall–Kier alpha value is -5.35. The maximum absolute atomic E-state index is 4.51. The lowest BCUT2D eigenvalue weighted by Gasteiger charge is -2.32. The zero-order valence-corrected chi connectivity index (χ0v) is 24.1. The first-order chi connectivity index (χ1) is 21.3. The third-order valence-corrected chi connectivity index (χ3v) is 8.08. The lowest BCUT2D eigenvalue weighted by atomic mass is 9.99. The molecule has 1 aromatic heterocycles. The second-order valence-electron chi connectivity index (χ2n) is 10.9. The van der Waals surface area contributed by atoms with Crippen molar-refractivity contribution in [2.75, 3.05) is 16.3 Å². The van der Waals surface area contributed by atoms with Gasteiger partial charge in [0.2, 0.25) is 0 Å². The molecule has 0 amide bonds. The number of nitrogens with zero attached hydrogens (tertiary/aromatic N) is 3. The molecule has 4 heteroatoms. The molecule has 43 heavy (non-hydrogen) atoms. The third kappa shape index (κ3) is 5.73. The number of aromatic nitrogens is 1. The van der Waals surface area contributed by atoms with E-state index >= 15 is 0 Å². The smallest absolute Gasteiger partial charge is 0.0721 e. The van der Waals surface area contributed by atoms with Crippen LogP contribution in [0.5, 0.6) is 0 Å². The molecule has 0 radical (unpaired) electrons. The Labute approximate surface area is 253 Å². The van der Waals surface area contributed by atoms with Gasteiger partial charge in [-0.15, -0.1) is 0 Å². The minimum Gasteiger partial charge on any atom is -0.366 e. The molecule has 0 saturated heterocycles. The van der Waals surface area contributed by atoms with Gasteiger partial charge >= 0.3 is 0 Å². The normalized spacial score (nSPS) is 15.7. The van der Waals surface area contributed by atoms with Crippen LogP contribution in [0.2, 0.25) is 0 Å². The molecule has 0 saturated carbocycles. The molecule has 1 atom stereocenters. The summed E-state index contributed by atoms with van der Waals surface area (Å²) in [6.07, 6.45) is 19.1. The van der Waals surface area contributed by atoms with Crippen LogP contribution < -0.4 is 9.80 Å². The Bertz CT molecular complexity index is 1760. The fourth-order valence-corrected chi connectivity index (χ4v) is 5.90. The highest BCUT2D eigenvalue weighted by atomic mass is 15.2. The summed E-state index contributed by atoms with van der Waals surface area (Å²) in [5, 5.41) is 0. The SMILES string of the molecule is C1=CC(N(c2ccccc2)c2ccc(-c3ccc(-c4ccc(N(C5=CCCC=C5)c5cc[nH]c5)cc4)cc3)cc2)CN=C1. The first-order valence-electron chi connectivity index (χ1n) is 14.9. The summed E-state index contributed by atoms with van der Waals surface area (Å²) in [6, 6.07) is 39.5. The molecule has 2 heterocycles. The topological polar surface area (TPSA) is 34.6 Å². The number of hydrogen-bond acceptors (Lipinski definition) is 3. The number of aromatic amines is 1. The van der Waals surface area contributed by atoms with Gasteiger partial charge in [-0.25, -0.2) is 0 Å². The number of benzene rings is 4. The van der Waals surface area contributed by atoms with Gasteiger partial charge in [0, 0.05) is 41.4 Å². The minimum absolute atomic E-state index is 0.190. The highest BCUT2D eigenvalue weighted by Gasteiger charge is 2.19. The van der Waals surface area contributed by atoms with Crippen molar-refractivity contribution in [2.45, 2.75) is 18.9 Å². The molecule has 4 nitrogen and oxygen atoms in total. The van der Waals surface area contributed by atoms with Crippen molar-refractivity contribution in [1.82, 2.24) is 4.98 Å². The number of H-pyrrole nitrogens is 1. The molecule has 210 valence electrons. The average molecular weight is 559 g/mol. The zero-order chi connectivity index (χ0) is 28.8. The number of nitrogens with one attached hydrogen (secondary N) is 1. The van der Waals surface area contributed by atoms with E-state index in [1.165, 1.54) is 33.6 Å². The van der Waals surface area contributed by atoms with E-state index in [-0.39, 0.29) is 6.04 Å². The zero-order valence-electron chi connectivity index (χ0n) is 24.1. The van der Waals surface area contributed by atoms with Crippen molar-refractivity contribution >= 4 is 29.0 Å². The molecule has 0 spiro atoms. The van der Waals surface area contributed by atoms with Crippen molar-refractivity contribution in [3.05, 3.63) is 158 Å². The monoisotopic (exact) mass is 558 g/mol. The van der Waals surface area contributed by atoms with Crippen molar-refractivity contribution in [1.29, 1.82) is 0 Å². The van der Waals surface area contributed by atoms with Crippen LogP contribution in [-0.2, 0) is 0 Å². The maximum atomic E-state index is 4.51. The Morgan fingerprint density at radius 1 is 0.628 bits per heavy atom. The molecule has 0 fully saturated rings.